The Balaban J connectivity index is 1.74. The van der Waals surface area contributed by atoms with Gasteiger partial charge in [0.05, 0.1) is 11.4 Å². The van der Waals surface area contributed by atoms with E-state index in [-0.39, 0.29) is 0 Å². The van der Waals surface area contributed by atoms with E-state index in [9.17, 15) is 0 Å². The van der Waals surface area contributed by atoms with Crippen molar-refractivity contribution < 1.29 is 4.74 Å². The molecule has 1 aromatic carbocycles. The van der Waals surface area contributed by atoms with Gasteiger partial charge in [0.15, 0.2) is 0 Å². The van der Waals surface area contributed by atoms with Crippen LogP contribution in [0.15, 0.2) is 67.3 Å². The van der Waals surface area contributed by atoms with Crippen LogP contribution in [0.3, 0.4) is 0 Å². The van der Waals surface area contributed by atoms with Crippen molar-refractivity contribution in [2.45, 2.75) is 6.61 Å². The van der Waals surface area contributed by atoms with Crippen molar-refractivity contribution in [3.05, 3.63) is 84.2 Å². The fraction of sp³-hybridized carbons (Fsp3) is 0.0556. The number of aromatic nitrogens is 3. The summed E-state index contributed by atoms with van der Waals surface area (Å²) in [4.78, 5) is 12.3. The summed E-state index contributed by atoms with van der Waals surface area (Å²) in [5.74, 6) is 0.818. The molecule has 0 fully saturated rings. The highest BCUT2D eigenvalue weighted by Gasteiger charge is 2.01. The second kappa shape index (κ2) is 7.13. The highest BCUT2D eigenvalue weighted by Crippen LogP contribution is 2.21. The van der Waals surface area contributed by atoms with Crippen molar-refractivity contribution in [2.75, 3.05) is 0 Å². The highest BCUT2D eigenvalue weighted by molar-refractivity contribution is 5.71. The summed E-state index contributed by atoms with van der Waals surface area (Å²) in [5, 5.41) is 0. The van der Waals surface area contributed by atoms with Crippen molar-refractivity contribution in [1.29, 1.82) is 0 Å². The zero-order chi connectivity index (χ0) is 15.0. The van der Waals surface area contributed by atoms with Gasteiger partial charge in [-0.15, -0.1) is 0 Å². The van der Waals surface area contributed by atoms with Gasteiger partial charge >= 0.3 is 0 Å². The van der Waals surface area contributed by atoms with Gasteiger partial charge in [0.25, 0.3) is 0 Å². The van der Waals surface area contributed by atoms with E-state index in [1.54, 1.807) is 12.4 Å². The van der Waals surface area contributed by atoms with E-state index in [0.717, 1.165) is 22.7 Å². The first-order chi connectivity index (χ1) is 10.9. The van der Waals surface area contributed by atoms with Crippen LogP contribution >= 0.6 is 0 Å². The van der Waals surface area contributed by atoms with E-state index < -0.39 is 0 Å². The molecule has 3 rings (SSSR count). The van der Waals surface area contributed by atoms with Crippen LogP contribution < -0.4 is 4.74 Å². The molecule has 0 saturated carbocycles. The molecule has 0 spiro atoms. The molecule has 0 saturated heterocycles. The maximum atomic E-state index is 5.87. The van der Waals surface area contributed by atoms with Crippen LogP contribution in [0.2, 0.25) is 0 Å². The molecule has 0 atom stereocenters. The standard InChI is InChI=1S/C18H15N3O/c1-2-7-18(22-13-17-6-3-4-11-20-17)15(5-1)8-9-16-10-12-19-14-21-16/h1-12,14H,13H2. The molecular formula is C18H15N3O. The summed E-state index contributed by atoms with van der Waals surface area (Å²) in [7, 11) is 0. The minimum Gasteiger partial charge on any atom is -0.487 e. The van der Waals surface area contributed by atoms with Gasteiger partial charge in [-0.1, -0.05) is 24.3 Å². The molecule has 0 radical (unpaired) electrons. The number of pyridine rings is 1. The van der Waals surface area contributed by atoms with E-state index in [1.807, 2.05) is 60.7 Å². The van der Waals surface area contributed by atoms with Gasteiger partial charge in [0.2, 0.25) is 0 Å². The maximum Gasteiger partial charge on any atom is 0.130 e. The molecular weight excluding hydrogens is 274 g/mol. The minimum atomic E-state index is 0.444. The number of para-hydroxylation sites is 1. The number of ether oxygens (including phenoxy) is 1. The Morgan fingerprint density at radius 3 is 2.59 bits per heavy atom. The Morgan fingerprint density at radius 1 is 0.864 bits per heavy atom. The SMILES string of the molecule is C(=Cc1ccccc1OCc1ccccn1)c1ccncn1. The van der Waals surface area contributed by atoms with E-state index in [2.05, 4.69) is 15.0 Å². The van der Waals surface area contributed by atoms with Crippen molar-refractivity contribution in [3.8, 4) is 5.75 Å². The van der Waals surface area contributed by atoms with Crippen LogP contribution in [0.5, 0.6) is 5.75 Å². The molecule has 0 bridgehead atoms. The average Bonchev–Trinajstić information content (AvgIpc) is 2.61. The van der Waals surface area contributed by atoms with Crippen LogP contribution in [0.25, 0.3) is 12.2 Å². The summed E-state index contributed by atoms with van der Waals surface area (Å²) in [5.41, 5.74) is 2.75. The zero-order valence-electron chi connectivity index (χ0n) is 12.0. The third kappa shape index (κ3) is 3.76. The smallest absolute Gasteiger partial charge is 0.130 e. The van der Waals surface area contributed by atoms with Crippen LogP contribution in [0, 0.1) is 0 Å². The van der Waals surface area contributed by atoms with Crippen LogP contribution in [-0.2, 0) is 6.61 Å². The quantitative estimate of drug-likeness (QED) is 0.719. The molecule has 0 amide bonds. The molecule has 22 heavy (non-hydrogen) atoms. The van der Waals surface area contributed by atoms with E-state index in [0.29, 0.717) is 6.61 Å². The first kappa shape index (κ1) is 13.9. The fourth-order valence-corrected chi connectivity index (χ4v) is 1.96. The fourth-order valence-electron chi connectivity index (χ4n) is 1.96. The molecule has 0 aliphatic heterocycles. The summed E-state index contributed by atoms with van der Waals surface area (Å²) in [6, 6.07) is 15.5. The predicted octanol–water partition coefficient (Wildman–Crippen LogP) is 3.62. The molecule has 4 nitrogen and oxygen atoms in total. The zero-order valence-corrected chi connectivity index (χ0v) is 12.0. The van der Waals surface area contributed by atoms with Crippen LogP contribution in [-0.4, -0.2) is 15.0 Å². The Labute approximate surface area is 129 Å². The lowest BCUT2D eigenvalue weighted by Gasteiger charge is -2.08. The van der Waals surface area contributed by atoms with Gasteiger partial charge in [-0.25, -0.2) is 9.97 Å². The Kier molecular flexibility index (Phi) is 4.52. The molecule has 2 heterocycles. The normalized spacial score (nSPS) is 10.7. The van der Waals surface area contributed by atoms with Gasteiger partial charge in [-0.3, -0.25) is 4.98 Å². The van der Waals surface area contributed by atoms with Crippen molar-refractivity contribution in [2.24, 2.45) is 0 Å². The molecule has 3 aromatic rings. The first-order valence-corrected chi connectivity index (χ1v) is 6.98. The van der Waals surface area contributed by atoms with Gasteiger partial charge in [-0.2, -0.15) is 0 Å². The third-order valence-corrected chi connectivity index (χ3v) is 3.06. The number of nitrogens with zero attached hydrogens (tertiary/aromatic N) is 3. The van der Waals surface area contributed by atoms with Gasteiger partial charge in [-0.05, 0) is 36.4 Å². The molecule has 2 aromatic heterocycles. The predicted molar refractivity (Wildman–Crippen MR) is 86.0 cm³/mol. The van der Waals surface area contributed by atoms with Crippen LogP contribution in [0.1, 0.15) is 17.0 Å². The second-order valence-electron chi connectivity index (χ2n) is 4.62. The summed E-state index contributed by atoms with van der Waals surface area (Å²) < 4.78 is 5.87. The van der Waals surface area contributed by atoms with Crippen LogP contribution in [0.4, 0.5) is 0 Å². The van der Waals surface area contributed by atoms with Gasteiger partial charge < -0.3 is 4.74 Å². The monoisotopic (exact) mass is 289 g/mol. The Bertz CT molecular complexity index is 743. The number of benzene rings is 1. The summed E-state index contributed by atoms with van der Waals surface area (Å²) in [6.45, 7) is 0.444. The molecule has 0 aliphatic carbocycles. The van der Waals surface area contributed by atoms with Crippen molar-refractivity contribution in [1.82, 2.24) is 15.0 Å². The van der Waals surface area contributed by atoms with E-state index in [1.165, 1.54) is 6.33 Å². The lowest BCUT2D eigenvalue weighted by atomic mass is 10.1. The lowest BCUT2D eigenvalue weighted by molar-refractivity contribution is 0.300. The largest absolute Gasteiger partial charge is 0.487 e. The van der Waals surface area contributed by atoms with Crippen molar-refractivity contribution >= 4 is 12.2 Å². The maximum absolute atomic E-state index is 5.87. The number of hydrogen-bond acceptors (Lipinski definition) is 4. The number of hydrogen-bond donors (Lipinski definition) is 0. The molecule has 0 N–H and O–H groups in total. The van der Waals surface area contributed by atoms with Gasteiger partial charge in [0.1, 0.15) is 18.7 Å². The molecule has 0 aliphatic rings. The third-order valence-electron chi connectivity index (χ3n) is 3.06. The highest BCUT2D eigenvalue weighted by atomic mass is 16.5. The van der Waals surface area contributed by atoms with E-state index in [4.69, 9.17) is 4.74 Å². The van der Waals surface area contributed by atoms with E-state index >= 15 is 0 Å². The number of rotatable bonds is 5. The van der Waals surface area contributed by atoms with Crippen molar-refractivity contribution in [3.63, 3.8) is 0 Å². The van der Waals surface area contributed by atoms with Gasteiger partial charge in [0, 0.05) is 18.0 Å². The average molecular weight is 289 g/mol. The molecule has 4 heteroatoms. The first-order valence-electron chi connectivity index (χ1n) is 6.98. The summed E-state index contributed by atoms with van der Waals surface area (Å²) in [6.07, 6.45) is 8.93. The Hall–Kier alpha value is -3.01. The Morgan fingerprint density at radius 2 is 1.77 bits per heavy atom. The molecule has 108 valence electrons. The second-order valence-corrected chi connectivity index (χ2v) is 4.62. The topological polar surface area (TPSA) is 47.9 Å². The molecule has 0 unspecified atom stereocenters. The minimum absolute atomic E-state index is 0.444. The lowest BCUT2D eigenvalue weighted by Crippen LogP contribution is -1.98. The summed E-state index contributed by atoms with van der Waals surface area (Å²) >= 11 is 0.